The molecule has 2 rings (SSSR count). The highest BCUT2D eigenvalue weighted by molar-refractivity contribution is 5.98. The standard InChI is InChI=1S/C14H21N3O2/c1-10-8-13(15)12(9-17-10)14(18)16-6-5-11-4-2-3-7-19-11/h8-9,11H,2-7H2,1H3,(H2,15,17)(H,16,18). The fourth-order valence-electron chi connectivity index (χ4n) is 2.25. The second-order valence-corrected chi connectivity index (χ2v) is 4.95. The van der Waals surface area contributed by atoms with E-state index in [4.69, 9.17) is 10.5 Å². The maximum atomic E-state index is 11.9. The number of aryl methyl sites for hydroxylation is 1. The van der Waals surface area contributed by atoms with Crippen molar-refractivity contribution in [2.75, 3.05) is 18.9 Å². The molecule has 1 amide bonds. The second kappa shape index (κ2) is 6.52. The monoisotopic (exact) mass is 263 g/mol. The van der Waals surface area contributed by atoms with Crippen molar-refractivity contribution in [1.29, 1.82) is 0 Å². The highest BCUT2D eigenvalue weighted by atomic mass is 16.5. The second-order valence-electron chi connectivity index (χ2n) is 4.95. The van der Waals surface area contributed by atoms with Crippen LogP contribution in [-0.2, 0) is 4.74 Å². The first-order valence-electron chi connectivity index (χ1n) is 6.79. The average molecular weight is 263 g/mol. The molecular weight excluding hydrogens is 242 g/mol. The Balaban J connectivity index is 1.80. The number of ether oxygens (including phenoxy) is 1. The molecule has 5 nitrogen and oxygen atoms in total. The van der Waals surface area contributed by atoms with Crippen molar-refractivity contribution < 1.29 is 9.53 Å². The van der Waals surface area contributed by atoms with Crippen molar-refractivity contribution >= 4 is 11.6 Å². The number of pyridine rings is 1. The summed E-state index contributed by atoms with van der Waals surface area (Å²) in [6, 6.07) is 1.71. The maximum absolute atomic E-state index is 11.9. The molecule has 0 aromatic carbocycles. The van der Waals surface area contributed by atoms with Crippen LogP contribution in [0.4, 0.5) is 5.69 Å². The van der Waals surface area contributed by atoms with E-state index in [1.807, 2.05) is 6.92 Å². The molecule has 1 unspecified atom stereocenters. The van der Waals surface area contributed by atoms with Crippen molar-refractivity contribution in [3.63, 3.8) is 0 Å². The Morgan fingerprint density at radius 2 is 2.42 bits per heavy atom. The lowest BCUT2D eigenvalue weighted by Crippen LogP contribution is -2.30. The Morgan fingerprint density at radius 1 is 1.58 bits per heavy atom. The minimum absolute atomic E-state index is 0.166. The van der Waals surface area contributed by atoms with Gasteiger partial charge in [-0.25, -0.2) is 0 Å². The summed E-state index contributed by atoms with van der Waals surface area (Å²) in [5, 5.41) is 2.87. The Kier molecular flexibility index (Phi) is 4.74. The van der Waals surface area contributed by atoms with E-state index in [1.54, 1.807) is 6.07 Å². The zero-order chi connectivity index (χ0) is 13.7. The van der Waals surface area contributed by atoms with E-state index in [2.05, 4.69) is 10.3 Å². The number of nitrogens with one attached hydrogen (secondary N) is 1. The zero-order valence-corrected chi connectivity index (χ0v) is 11.3. The number of nitrogen functional groups attached to an aromatic ring is 1. The van der Waals surface area contributed by atoms with Gasteiger partial charge in [0, 0.05) is 30.7 Å². The summed E-state index contributed by atoms with van der Waals surface area (Å²) < 4.78 is 5.62. The lowest BCUT2D eigenvalue weighted by molar-refractivity contribution is 0.0117. The zero-order valence-electron chi connectivity index (χ0n) is 11.3. The molecule has 104 valence electrons. The van der Waals surface area contributed by atoms with Gasteiger partial charge in [0.25, 0.3) is 5.91 Å². The molecule has 1 atom stereocenters. The van der Waals surface area contributed by atoms with E-state index < -0.39 is 0 Å². The van der Waals surface area contributed by atoms with Crippen LogP contribution in [0, 0.1) is 6.92 Å². The minimum Gasteiger partial charge on any atom is -0.398 e. The van der Waals surface area contributed by atoms with Crippen LogP contribution in [0.3, 0.4) is 0 Å². The van der Waals surface area contributed by atoms with Gasteiger partial charge in [0.15, 0.2) is 0 Å². The van der Waals surface area contributed by atoms with Gasteiger partial charge in [0.1, 0.15) is 0 Å². The Labute approximate surface area is 113 Å². The van der Waals surface area contributed by atoms with E-state index in [1.165, 1.54) is 12.6 Å². The average Bonchev–Trinajstić information content (AvgIpc) is 2.39. The number of hydrogen-bond donors (Lipinski definition) is 2. The van der Waals surface area contributed by atoms with Crippen LogP contribution >= 0.6 is 0 Å². The summed E-state index contributed by atoms with van der Waals surface area (Å²) in [5.74, 6) is -0.166. The molecule has 1 fully saturated rings. The van der Waals surface area contributed by atoms with Crippen LogP contribution in [-0.4, -0.2) is 30.1 Å². The third-order valence-corrected chi connectivity index (χ3v) is 3.34. The Bertz CT molecular complexity index is 442. The fourth-order valence-corrected chi connectivity index (χ4v) is 2.25. The van der Waals surface area contributed by atoms with Crippen LogP contribution in [0.15, 0.2) is 12.3 Å². The van der Waals surface area contributed by atoms with Gasteiger partial charge in [-0.2, -0.15) is 0 Å². The van der Waals surface area contributed by atoms with E-state index in [9.17, 15) is 4.79 Å². The quantitative estimate of drug-likeness (QED) is 0.866. The molecule has 0 aliphatic carbocycles. The number of nitrogens with zero attached hydrogens (tertiary/aromatic N) is 1. The third kappa shape index (κ3) is 3.92. The molecule has 1 aromatic rings. The molecule has 0 spiro atoms. The lowest BCUT2D eigenvalue weighted by atomic mass is 10.1. The fraction of sp³-hybridized carbons (Fsp3) is 0.571. The highest BCUT2D eigenvalue weighted by Crippen LogP contribution is 2.15. The molecule has 3 N–H and O–H groups in total. The Morgan fingerprint density at radius 3 is 3.11 bits per heavy atom. The molecule has 0 saturated carbocycles. The molecular formula is C14H21N3O2. The minimum atomic E-state index is -0.166. The van der Waals surface area contributed by atoms with Crippen LogP contribution in [0.5, 0.6) is 0 Å². The third-order valence-electron chi connectivity index (χ3n) is 3.34. The molecule has 1 aromatic heterocycles. The van der Waals surface area contributed by atoms with Crippen LogP contribution in [0.1, 0.15) is 41.7 Å². The summed E-state index contributed by atoms with van der Waals surface area (Å²) in [6.45, 7) is 3.29. The molecule has 0 radical (unpaired) electrons. The predicted octanol–water partition coefficient (Wildman–Crippen LogP) is 1.66. The summed E-state index contributed by atoms with van der Waals surface area (Å²) in [7, 11) is 0. The van der Waals surface area contributed by atoms with Crippen molar-refractivity contribution in [1.82, 2.24) is 10.3 Å². The van der Waals surface area contributed by atoms with Crippen molar-refractivity contribution in [3.05, 3.63) is 23.5 Å². The molecule has 19 heavy (non-hydrogen) atoms. The van der Waals surface area contributed by atoms with Gasteiger partial charge in [-0.15, -0.1) is 0 Å². The van der Waals surface area contributed by atoms with E-state index >= 15 is 0 Å². The van der Waals surface area contributed by atoms with Gasteiger partial charge in [-0.05, 0) is 38.7 Å². The number of hydrogen-bond acceptors (Lipinski definition) is 4. The summed E-state index contributed by atoms with van der Waals surface area (Å²) in [6.07, 6.45) is 6.11. The first-order valence-corrected chi connectivity index (χ1v) is 6.79. The van der Waals surface area contributed by atoms with E-state index in [0.717, 1.165) is 31.6 Å². The smallest absolute Gasteiger partial charge is 0.254 e. The molecule has 0 bridgehead atoms. The highest BCUT2D eigenvalue weighted by Gasteiger charge is 2.15. The largest absolute Gasteiger partial charge is 0.398 e. The number of amides is 1. The van der Waals surface area contributed by atoms with Gasteiger partial charge < -0.3 is 15.8 Å². The molecule has 5 heteroatoms. The number of aromatic nitrogens is 1. The van der Waals surface area contributed by atoms with Gasteiger partial charge in [-0.3, -0.25) is 9.78 Å². The number of carbonyl (C=O) groups is 1. The van der Waals surface area contributed by atoms with Crippen molar-refractivity contribution in [2.45, 2.75) is 38.7 Å². The summed E-state index contributed by atoms with van der Waals surface area (Å²) >= 11 is 0. The number of rotatable bonds is 4. The van der Waals surface area contributed by atoms with Crippen LogP contribution in [0.25, 0.3) is 0 Å². The van der Waals surface area contributed by atoms with E-state index in [-0.39, 0.29) is 12.0 Å². The van der Waals surface area contributed by atoms with Gasteiger partial charge in [0.05, 0.1) is 11.7 Å². The summed E-state index contributed by atoms with van der Waals surface area (Å²) in [5.41, 5.74) is 7.53. The number of nitrogens with two attached hydrogens (primary N) is 1. The van der Waals surface area contributed by atoms with E-state index in [0.29, 0.717) is 17.8 Å². The molecule has 2 heterocycles. The van der Waals surface area contributed by atoms with Gasteiger partial charge in [-0.1, -0.05) is 0 Å². The molecule has 1 aliphatic heterocycles. The first-order chi connectivity index (χ1) is 9.16. The molecule has 1 aliphatic rings. The van der Waals surface area contributed by atoms with Crippen molar-refractivity contribution in [2.24, 2.45) is 0 Å². The maximum Gasteiger partial charge on any atom is 0.254 e. The normalized spacial score (nSPS) is 19.1. The lowest BCUT2D eigenvalue weighted by Gasteiger charge is -2.22. The number of anilines is 1. The van der Waals surface area contributed by atoms with Gasteiger partial charge in [0.2, 0.25) is 0 Å². The molecule has 1 saturated heterocycles. The topological polar surface area (TPSA) is 77.2 Å². The van der Waals surface area contributed by atoms with Crippen LogP contribution in [0.2, 0.25) is 0 Å². The number of carbonyl (C=O) groups excluding carboxylic acids is 1. The van der Waals surface area contributed by atoms with Gasteiger partial charge >= 0.3 is 0 Å². The SMILES string of the molecule is Cc1cc(N)c(C(=O)NCCC2CCCCO2)cn1. The van der Waals surface area contributed by atoms with Crippen molar-refractivity contribution in [3.8, 4) is 0 Å². The Hall–Kier alpha value is -1.62. The summed E-state index contributed by atoms with van der Waals surface area (Å²) in [4.78, 5) is 16.0. The van der Waals surface area contributed by atoms with Crippen LogP contribution < -0.4 is 11.1 Å². The predicted molar refractivity (Wildman–Crippen MR) is 73.9 cm³/mol. The first kappa shape index (κ1) is 13.8.